The fraction of sp³-hybridized carbons (Fsp3) is 0.333. The summed E-state index contributed by atoms with van der Waals surface area (Å²) in [5, 5.41) is 38.8. The molecule has 6 heteroatoms. The second-order valence-electron chi connectivity index (χ2n) is 5.48. The van der Waals surface area contributed by atoms with Gasteiger partial charge in [-0.15, -0.1) is 0 Å². The van der Waals surface area contributed by atoms with E-state index in [1.165, 1.54) is 18.2 Å². The normalized spacial score (nSPS) is 32.0. The topological polar surface area (TPSA) is 115 Å². The molecule has 0 heterocycles. The molecule has 1 fully saturated rings. The van der Waals surface area contributed by atoms with Crippen LogP contribution in [-0.4, -0.2) is 38.1 Å². The van der Waals surface area contributed by atoms with Gasteiger partial charge in [0.15, 0.2) is 23.1 Å². The minimum absolute atomic E-state index is 0.0251. The van der Waals surface area contributed by atoms with E-state index in [2.05, 4.69) is 0 Å². The van der Waals surface area contributed by atoms with Crippen LogP contribution in [0.2, 0.25) is 0 Å². The van der Waals surface area contributed by atoms with Crippen LogP contribution in [0, 0.1) is 11.8 Å². The van der Waals surface area contributed by atoms with Crippen molar-refractivity contribution in [1.82, 2.24) is 0 Å². The second-order valence-corrected chi connectivity index (χ2v) is 5.48. The third-order valence-corrected chi connectivity index (χ3v) is 4.24. The number of ketones is 2. The first kappa shape index (κ1) is 13.6. The SMILES string of the molecule is O=C1C=C(O)C2C[C@H](O)C(c3ccc(O)c(O)c3)C1C2=O. The Hall–Kier alpha value is -2.34. The molecule has 6 nitrogen and oxygen atoms in total. The van der Waals surface area contributed by atoms with Gasteiger partial charge in [-0.3, -0.25) is 9.59 Å². The van der Waals surface area contributed by atoms with Gasteiger partial charge in [-0.2, -0.15) is 0 Å². The van der Waals surface area contributed by atoms with Crippen molar-refractivity contribution in [2.75, 3.05) is 0 Å². The Morgan fingerprint density at radius 2 is 1.76 bits per heavy atom. The number of aliphatic hydroxyl groups excluding tert-OH is 2. The highest BCUT2D eigenvalue weighted by Gasteiger charge is 2.51. The summed E-state index contributed by atoms with van der Waals surface area (Å²) in [6.07, 6.45) is 0.0640. The molecule has 0 aromatic heterocycles. The minimum atomic E-state index is -1.07. The maximum atomic E-state index is 12.3. The average molecular weight is 290 g/mol. The maximum Gasteiger partial charge on any atom is 0.170 e. The van der Waals surface area contributed by atoms with E-state index in [0.717, 1.165) is 6.08 Å². The van der Waals surface area contributed by atoms with Gasteiger partial charge in [-0.05, 0) is 24.1 Å². The van der Waals surface area contributed by atoms with Crippen LogP contribution >= 0.6 is 0 Å². The predicted molar refractivity (Wildman–Crippen MR) is 70.8 cm³/mol. The van der Waals surface area contributed by atoms with E-state index in [9.17, 15) is 30.0 Å². The average Bonchev–Trinajstić information content (AvgIpc) is 2.41. The van der Waals surface area contributed by atoms with Crippen LogP contribution < -0.4 is 0 Å². The molecule has 2 aliphatic carbocycles. The summed E-state index contributed by atoms with van der Waals surface area (Å²) >= 11 is 0. The van der Waals surface area contributed by atoms with E-state index in [-0.39, 0.29) is 23.7 Å². The number of aromatic hydroxyl groups is 2. The van der Waals surface area contributed by atoms with E-state index >= 15 is 0 Å². The first-order valence-electron chi connectivity index (χ1n) is 6.58. The van der Waals surface area contributed by atoms with Gasteiger partial charge in [-0.1, -0.05) is 6.07 Å². The number of benzene rings is 1. The van der Waals surface area contributed by atoms with Gasteiger partial charge in [-0.25, -0.2) is 0 Å². The molecule has 0 spiro atoms. The van der Waals surface area contributed by atoms with E-state index in [1.807, 2.05) is 0 Å². The van der Waals surface area contributed by atoms with Gasteiger partial charge in [0.2, 0.25) is 0 Å². The highest BCUT2D eigenvalue weighted by Crippen LogP contribution is 2.44. The number of aliphatic hydroxyl groups is 2. The number of hydrogen-bond acceptors (Lipinski definition) is 6. The van der Waals surface area contributed by atoms with Crippen LogP contribution in [-0.2, 0) is 9.59 Å². The number of fused-ring (bicyclic) bond motifs is 2. The summed E-state index contributed by atoms with van der Waals surface area (Å²) in [5.41, 5.74) is 0.401. The van der Waals surface area contributed by atoms with Gasteiger partial charge < -0.3 is 20.4 Å². The van der Waals surface area contributed by atoms with Crippen LogP contribution in [0.15, 0.2) is 30.0 Å². The van der Waals surface area contributed by atoms with Crippen LogP contribution in [0.25, 0.3) is 0 Å². The summed E-state index contributed by atoms with van der Waals surface area (Å²) < 4.78 is 0. The van der Waals surface area contributed by atoms with Crippen molar-refractivity contribution in [3.63, 3.8) is 0 Å². The van der Waals surface area contributed by atoms with Crippen molar-refractivity contribution in [2.24, 2.45) is 11.8 Å². The summed E-state index contributed by atoms with van der Waals surface area (Å²) in [6, 6.07) is 3.94. The summed E-state index contributed by atoms with van der Waals surface area (Å²) in [6.45, 7) is 0. The predicted octanol–water partition coefficient (Wildman–Crippen LogP) is 0.772. The molecule has 1 aromatic rings. The molecule has 1 saturated carbocycles. The number of Topliss-reactive ketones (excluding diaryl/α,β-unsaturated/α-hetero) is 1. The highest BCUT2D eigenvalue weighted by atomic mass is 16.3. The molecule has 3 unspecified atom stereocenters. The lowest BCUT2D eigenvalue weighted by atomic mass is 9.64. The Kier molecular flexibility index (Phi) is 2.98. The van der Waals surface area contributed by atoms with E-state index in [1.54, 1.807) is 0 Å². The first-order valence-corrected chi connectivity index (χ1v) is 6.58. The van der Waals surface area contributed by atoms with Crippen molar-refractivity contribution in [3.05, 3.63) is 35.6 Å². The molecule has 1 aromatic carbocycles. The third-order valence-electron chi connectivity index (χ3n) is 4.24. The molecule has 4 N–H and O–H groups in total. The van der Waals surface area contributed by atoms with Crippen LogP contribution in [0.1, 0.15) is 17.9 Å². The third kappa shape index (κ3) is 1.99. The van der Waals surface area contributed by atoms with Crippen molar-refractivity contribution in [2.45, 2.75) is 18.4 Å². The Bertz CT molecular complexity index is 662. The molecule has 110 valence electrons. The minimum Gasteiger partial charge on any atom is -0.511 e. The standard InChI is InChI=1S/C15H14O6/c16-8-2-1-6(3-10(8)18)13-11(19)4-7-9(17)5-12(20)14(13)15(7)21/h1-3,5,7,11,13-14,16-19H,4H2/t7?,11-,13?,14?/m0/s1. The Balaban J connectivity index is 2.08. The summed E-state index contributed by atoms with van der Waals surface area (Å²) in [7, 11) is 0. The van der Waals surface area contributed by atoms with Gasteiger partial charge in [0.1, 0.15) is 5.76 Å². The molecular formula is C15H14O6. The lowest BCUT2D eigenvalue weighted by molar-refractivity contribution is -0.141. The Morgan fingerprint density at radius 1 is 1.05 bits per heavy atom. The molecular weight excluding hydrogens is 276 g/mol. The smallest absolute Gasteiger partial charge is 0.170 e. The largest absolute Gasteiger partial charge is 0.511 e. The van der Waals surface area contributed by atoms with Crippen molar-refractivity contribution >= 4 is 11.6 Å². The van der Waals surface area contributed by atoms with E-state index < -0.39 is 35.4 Å². The van der Waals surface area contributed by atoms with Crippen LogP contribution in [0.5, 0.6) is 11.5 Å². The number of phenols is 2. The number of allylic oxidation sites excluding steroid dienone is 2. The van der Waals surface area contributed by atoms with Gasteiger partial charge in [0.25, 0.3) is 0 Å². The Morgan fingerprint density at radius 3 is 2.43 bits per heavy atom. The molecule has 0 amide bonds. The molecule has 2 aliphatic rings. The van der Waals surface area contributed by atoms with Crippen molar-refractivity contribution in [1.29, 1.82) is 0 Å². The van der Waals surface area contributed by atoms with Crippen LogP contribution in [0.3, 0.4) is 0 Å². The fourth-order valence-corrected chi connectivity index (χ4v) is 3.20. The number of hydrogen-bond donors (Lipinski definition) is 4. The lowest BCUT2D eigenvalue weighted by Crippen LogP contribution is -2.48. The van der Waals surface area contributed by atoms with Crippen molar-refractivity contribution in [3.8, 4) is 11.5 Å². The van der Waals surface area contributed by atoms with Gasteiger partial charge >= 0.3 is 0 Å². The zero-order valence-electron chi connectivity index (χ0n) is 10.9. The second kappa shape index (κ2) is 4.60. The zero-order chi connectivity index (χ0) is 15.3. The lowest BCUT2D eigenvalue weighted by Gasteiger charge is -2.39. The summed E-state index contributed by atoms with van der Waals surface area (Å²) in [5.74, 6) is -4.67. The van der Waals surface area contributed by atoms with Crippen molar-refractivity contribution < 1.29 is 30.0 Å². The number of phenolic OH excluding ortho intramolecular Hbond substituents is 2. The Labute approximate surface area is 120 Å². The summed E-state index contributed by atoms with van der Waals surface area (Å²) in [4.78, 5) is 24.3. The molecule has 0 radical (unpaired) electrons. The molecule has 21 heavy (non-hydrogen) atoms. The maximum absolute atomic E-state index is 12.3. The zero-order valence-corrected chi connectivity index (χ0v) is 10.9. The first-order chi connectivity index (χ1) is 9.90. The van der Waals surface area contributed by atoms with Crippen LogP contribution in [0.4, 0.5) is 0 Å². The van der Waals surface area contributed by atoms with Gasteiger partial charge in [0.05, 0.1) is 17.9 Å². The molecule has 4 atom stereocenters. The molecule has 3 rings (SSSR count). The fourth-order valence-electron chi connectivity index (χ4n) is 3.20. The number of rotatable bonds is 1. The molecule has 2 bridgehead atoms. The van der Waals surface area contributed by atoms with E-state index in [0.29, 0.717) is 5.56 Å². The van der Waals surface area contributed by atoms with E-state index in [4.69, 9.17) is 0 Å². The highest BCUT2D eigenvalue weighted by molar-refractivity contribution is 6.13. The van der Waals surface area contributed by atoms with Gasteiger partial charge in [0, 0.05) is 12.0 Å². The number of carbonyl (C=O) groups excluding carboxylic acids is 2. The molecule has 0 saturated heterocycles. The monoisotopic (exact) mass is 290 g/mol. The number of carbonyl (C=O) groups is 2. The quantitative estimate of drug-likeness (QED) is 0.448. The molecule has 0 aliphatic heterocycles.